The SMILES string of the molecule is Cc1noc(C)c1CNCc1sncc1Br. The first-order valence-electron chi connectivity index (χ1n) is 4.90. The number of hydrogen-bond acceptors (Lipinski definition) is 5. The van der Waals surface area contributed by atoms with Crippen molar-refractivity contribution in [2.45, 2.75) is 26.9 Å². The highest BCUT2D eigenvalue weighted by atomic mass is 79.9. The van der Waals surface area contributed by atoms with Crippen molar-refractivity contribution < 1.29 is 4.52 Å². The summed E-state index contributed by atoms with van der Waals surface area (Å²) in [7, 11) is 0. The molecule has 0 aliphatic heterocycles. The molecule has 2 rings (SSSR count). The third-order valence-corrected chi connectivity index (χ3v) is 4.11. The second-order valence-electron chi connectivity index (χ2n) is 3.50. The second-order valence-corrected chi connectivity index (χ2v) is 5.24. The molecule has 0 unspecified atom stereocenters. The van der Waals surface area contributed by atoms with Crippen molar-refractivity contribution in [3.8, 4) is 0 Å². The minimum Gasteiger partial charge on any atom is -0.361 e. The van der Waals surface area contributed by atoms with E-state index in [9.17, 15) is 0 Å². The number of aryl methyl sites for hydroxylation is 2. The predicted molar refractivity (Wildman–Crippen MR) is 66.3 cm³/mol. The van der Waals surface area contributed by atoms with Crippen LogP contribution in [0.3, 0.4) is 0 Å². The van der Waals surface area contributed by atoms with Crippen molar-refractivity contribution in [3.05, 3.63) is 32.6 Å². The zero-order chi connectivity index (χ0) is 11.5. The third kappa shape index (κ3) is 2.50. The number of nitrogens with one attached hydrogen (secondary N) is 1. The summed E-state index contributed by atoms with van der Waals surface area (Å²) < 4.78 is 10.3. The van der Waals surface area contributed by atoms with Crippen LogP contribution in [0.1, 0.15) is 21.9 Å². The maximum atomic E-state index is 5.10. The first-order valence-corrected chi connectivity index (χ1v) is 6.46. The number of halogens is 1. The smallest absolute Gasteiger partial charge is 0.138 e. The molecule has 0 aliphatic rings. The summed E-state index contributed by atoms with van der Waals surface area (Å²) in [5.74, 6) is 0.883. The van der Waals surface area contributed by atoms with Crippen LogP contribution in [-0.2, 0) is 13.1 Å². The van der Waals surface area contributed by atoms with Crippen LogP contribution in [0.5, 0.6) is 0 Å². The highest BCUT2D eigenvalue weighted by molar-refractivity contribution is 9.10. The summed E-state index contributed by atoms with van der Waals surface area (Å²) in [5, 5.41) is 7.27. The molecule has 0 saturated heterocycles. The van der Waals surface area contributed by atoms with E-state index >= 15 is 0 Å². The molecular weight excluding hydrogens is 290 g/mol. The number of nitrogens with zero attached hydrogens (tertiary/aromatic N) is 2. The molecule has 2 aromatic rings. The van der Waals surface area contributed by atoms with E-state index in [0.29, 0.717) is 0 Å². The quantitative estimate of drug-likeness (QED) is 0.943. The Kier molecular flexibility index (Phi) is 3.73. The predicted octanol–water partition coefficient (Wildman–Crippen LogP) is 2.80. The Morgan fingerprint density at radius 2 is 2.25 bits per heavy atom. The normalized spacial score (nSPS) is 10.9. The monoisotopic (exact) mass is 301 g/mol. The molecule has 0 spiro atoms. The van der Waals surface area contributed by atoms with Crippen LogP contribution in [-0.4, -0.2) is 9.53 Å². The molecule has 2 aromatic heterocycles. The largest absolute Gasteiger partial charge is 0.361 e. The third-order valence-electron chi connectivity index (χ3n) is 2.36. The van der Waals surface area contributed by atoms with E-state index in [-0.39, 0.29) is 0 Å². The molecule has 2 heterocycles. The van der Waals surface area contributed by atoms with E-state index in [1.807, 2.05) is 20.0 Å². The number of aromatic nitrogens is 2. The summed E-state index contributed by atoms with van der Waals surface area (Å²) in [6, 6.07) is 0. The minimum absolute atomic E-state index is 0.769. The van der Waals surface area contributed by atoms with Gasteiger partial charge in [0.2, 0.25) is 0 Å². The Balaban J connectivity index is 1.92. The van der Waals surface area contributed by atoms with Crippen LogP contribution in [0.25, 0.3) is 0 Å². The van der Waals surface area contributed by atoms with Gasteiger partial charge in [0.1, 0.15) is 5.76 Å². The van der Waals surface area contributed by atoms with E-state index < -0.39 is 0 Å². The fourth-order valence-corrected chi connectivity index (χ4v) is 2.61. The zero-order valence-corrected chi connectivity index (χ0v) is 11.5. The summed E-state index contributed by atoms with van der Waals surface area (Å²) in [5.41, 5.74) is 2.09. The van der Waals surface area contributed by atoms with Gasteiger partial charge in [-0.25, -0.2) is 0 Å². The molecule has 0 aromatic carbocycles. The molecule has 4 nitrogen and oxygen atoms in total. The molecule has 6 heteroatoms. The minimum atomic E-state index is 0.769. The number of rotatable bonds is 4. The van der Waals surface area contributed by atoms with Gasteiger partial charge < -0.3 is 9.84 Å². The van der Waals surface area contributed by atoms with Gasteiger partial charge in [-0.2, -0.15) is 4.37 Å². The van der Waals surface area contributed by atoms with Crippen molar-refractivity contribution in [3.63, 3.8) is 0 Å². The molecule has 0 atom stereocenters. The van der Waals surface area contributed by atoms with Crippen LogP contribution >= 0.6 is 27.5 Å². The Bertz CT molecular complexity index is 461. The standard InChI is InChI=1S/C10H12BrN3OS/c1-6-8(7(2)15-14-6)3-12-5-10-9(11)4-13-16-10/h4,12H,3,5H2,1-2H3. The van der Waals surface area contributed by atoms with E-state index in [1.165, 1.54) is 16.4 Å². The lowest BCUT2D eigenvalue weighted by atomic mass is 10.2. The Morgan fingerprint density at radius 3 is 2.81 bits per heavy atom. The van der Waals surface area contributed by atoms with Gasteiger partial charge in [-0.15, -0.1) is 0 Å². The molecule has 0 fully saturated rings. The molecular formula is C10H12BrN3OS. The van der Waals surface area contributed by atoms with Gasteiger partial charge in [-0.3, -0.25) is 0 Å². The van der Waals surface area contributed by atoms with Gasteiger partial charge in [0, 0.05) is 18.7 Å². The van der Waals surface area contributed by atoms with Gasteiger partial charge in [-0.1, -0.05) is 5.16 Å². The Morgan fingerprint density at radius 1 is 1.44 bits per heavy atom. The lowest BCUT2D eigenvalue weighted by molar-refractivity contribution is 0.392. The van der Waals surface area contributed by atoms with Gasteiger partial charge in [0.15, 0.2) is 0 Å². The molecule has 0 amide bonds. The fraction of sp³-hybridized carbons (Fsp3) is 0.400. The summed E-state index contributed by atoms with van der Waals surface area (Å²) in [6.07, 6.45) is 1.82. The first kappa shape index (κ1) is 11.8. The highest BCUT2D eigenvalue weighted by Crippen LogP contribution is 2.19. The maximum Gasteiger partial charge on any atom is 0.138 e. The number of hydrogen-bond donors (Lipinski definition) is 1. The van der Waals surface area contributed by atoms with E-state index in [4.69, 9.17) is 4.52 Å². The molecule has 0 aliphatic carbocycles. The van der Waals surface area contributed by atoms with Gasteiger partial charge in [-0.05, 0) is 41.3 Å². The van der Waals surface area contributed by atoms with Crippen LogP contribution < -0.4 is 5.32 Å². The van der Waals surface area contributed by atoms with Crippen molar-refractivity contribution >= 4 is 27.5 Å². The summed E-state index contributed by atoms with van der Waals surface area (Å²) in [6.45, 7) is 5.45. The molecule has 0 radical (unpaired) electrons. The van der Waals surface area contributed by atoms with Gasteiger partial charge in [0.05, 0.1) is 21.2 Å². The molecule has 0 saturated carbocycles. The molecule has 16 heavy (non-hydrogen) atoms. The van der Waals surface area contributed by atoms with Crippen molar-refractivity contribution in [1.29, 1.82) is 0 Å². The van der Waals surface area contributed by atoms with Crippen LogP contribution in [0, 0.1) is 13.8 Å². The van der Waals surface area contributed by atoms with E-state index in [2.05, 4.69) is 30.8 Å². The van der Waals surface area contributed by atoms with Gasteiger partial charge in [0.25, 0.3) is 0 Å². The van der Waals surface area contributed by atoms with Crippen LogP contribution in [0.15, 0.2) is 15.2 Å². The van der Waals surface area contributed by atoms with Crippen molar-refractivity contribution in [1.82, 2.24) is 14.8 Å². The van der Waals surface area contributed by atoms with Crippen molar-refractivity contribution in [2.24, 2.45) is 0 Å². The molecule has 1 N–H and O–H groups in total. The van der Waals surface area contributed by atoms with Crippen molar-refractivity contribution in [2.75, 3.05) is 0 Å². The van der Waals surface area contributed by atoms with E-state index in [1.54, 1.807) is 0 Å². The zero-order valence-electron chi connectivity index (χ0n) is 9.08. The molecule has 0 bridgehead atoms. The fourth-order valence-electron chi connectivity index (χ4n) is 1.42. The Hall–Kier alpha value is -0.720. The topological polar surface area (TPSA) is 51.0 Å². The van der Waals surface area contributed by atoms with Crippen LogP contribution in [0.4, 0.5) is 0 Å². The maximum absolute atomic E-state index is 5.10. The first-order chi connectivity index (χ1) is 7.68. The highest BCUT2D eigenvalue weighted by Gasteiger charge is 2.08. The Labute approximate surface area is 106 Å². The average molecular weight is 302 g/mol. The van der Waals surface area contributed by atoms with E-state index in [0.717, 1.165) is 34.6 Å². The lowest BCUT2D eigenvalue weighted by Crippen LogP contribution is -2.13. The summed E-state index contributed by atoms with van der Waals surface area (Å²) >= 11 is 4.95. The lowest BCUT2D eigenvalue weighted by Gasteiger charge is -2.02. The van der Waals surface area contributed by atoms with Gasteiger partial charge >= 0.3 is 0 Å². The average Bonchev–Trinajstić information content (AvgIpc) is 2.79. The summed E-state index contributed by atoms with van der Waals surface area (Å²) in [4.78, 5) is 1.20. The second kappa shape index (κ2) is 5.07. The van der Waals surface area contributed by atoms with Crippen LogP contribution in [0.2, 0.25) is 0 Å². The molecule has 86 valence electrons.